The predicted molar refractivity (Wildman–Crippen MR) is 91.5 cm³/mol. The molecule has 6 N–H and O–H groups in total. The van der Waals surface area contributed by atoms with Gasteiger partial charge in [0.2, 0.25) is 11.7 Å². The molecule has 1 aromatic carbocycles. The highest BCUT2D eigenvalue weighted by molar-refractivity contribution is 5.79. The number of hydrogen-bond donors (Lipinski definition) is 4. The molecule has 0 spiro atoms. The minimum Gasteiger partial charge on any atom is -0.369 e. The van der Waals surface area contributed by atoms with Crippen LogP contribution in [0.3, 0.4) is 0 Å². The van der Waals surface area contributed by atoms with E-state index in [1.807, 2.05) is 0 Å². The van der Waals surface area contributed by atoms with Crippen molar-refractivity contribution in [2.24, 2.45) is 22.4 Å². The monoisotopic (exact) mass is 333 g/mol. The lowest BCUT2D eigenvalue weighted by atomic mass is 10.1. The molecule has 1 unspecified atom stereocenters. The second-order valence-electron chi connectivity index (χ2n) is 6.91. The van der Waals surface area contributed by atoms with Crippen molar-refractivity contribution < 1.29 is 4.39 Å². The molecular formula is C16H24FN7. The van der Waals surface area contributed by atoms with E-state index < -0.39 is 5.79 Å². The molecule has 0 aromatic heterocycles. The number of hydrazine groups is 1. The van der Waals surface area contributed by atoms with Gasteiger partial charge in [0.15, 0.2) is 0 Å². The van der Waals surface area contributed by atoms with Crippen molar-refractivity contribution >= 4 is 11.6 Å². The Balaban J connectivity index is 1.45. The fourth-order valence-electron chi connectivity index (χ4n) is 3.38. The number of anilines is 1. The van der Waals surface area contributed by atoms with Gasteiger partial charge in [0.05, 0.1) is 5.69 Å². The molecule has 1 atom stereocenters. The number of guanidine groups is 1. The molecule has 2 fully saturated rings. The fraction of sp³-hybridized carbons (Fsp3) is 0.562. The SMILES string of the molecule is NC1=NC(N)(c2ccc(N3CCN(CC4CC4)CC3)c(F)c2)NN1. The molecular weight excluding hydrogens is 309 g/mol. The lowest BCUT2D eigenvalue weighted by molar-refractivity contribution is 0.247. The molecule has 130 valence electrons. The summed E-state index contributed by atoms with van der Waals surface area (Å²) in [7, 11) is 0. The van der Waals surface area contributed by atoms with Gasteiger partial charge >= 0.3 is 0 Å². The second kappa shape index (κ2) is 5.87. The topological polar surface area (TPSA) is 94.9 Å². The number of nitrogens with two attached hydrogens (primary N) is 2. The van der Waals surface area contributed by atoms with Gasteiger partial charge in [-0.3, -0.25) is 16.1 Å². The minimum atomic E-state index is -1.23. The molecule has 0 radical (unpaired) electrons. The maximum Gasteiger partial charge on any atom is 0.209 e. The molecule has 2 heterocycles. The first-order chi connectivity index (χ1) is 11.5. The van der Waals surface area contributed by atoms with Crippen LogP contribution in [0.4, 0.5) is 10.1 Å². The van der Waals surface area contributed by atoms with Crippen molar-refractivity contribution in [2.75, 3.05) is 37.6 Å². The molecule has 1 saturated carbocycles. The number of benzene rings is 1. The highest BCUT2D eigenvalue weighted by Crippen LogP contribution is 2.31. The first kappa shape index (κ1) is 15.6. The van der Waals surface area contributed by atoms with Crippen LogP contribution in [0, 0.1) is 11.7 Å². The smallest absolute Gasteiger partial charge is 0.209 e. The summed E-state index contributed by atoms with van der Waals surface area (Å²) in [6.45, 7) is 4.88. The summed E-state index contributed by atoms with van der Waals surface area (Å²) in [4.78, 5) is 8.67. The second-order valence-corrected chi connectivity index (χ2v) is 6.91. The van der Waals surface area contributed by atoms with Gasteiger partial charge in [-0.2, -0.15) is 5.43 Å². The van der Waals surface area contributed by atoms with Gasteiger partial charge in [-0.25, -0.2) is 9.38 Å². The highest BCUT2D eigenvalue weighted by Gasteiger charge is 2.33. The van der Waals surface area contributed by atoms with Gasteiger partial charge in [-0.05, 0) is 30.9 Å². The van der Waals surface area contributed by atoms with Crippen molar-refractivity contribution in [3.05, 3.63) is 29.6 Å². The number of rotatable bonds is 4. The quantitative estimate of drug-likeness (QED) is 0.612. The van der Waals surface area contributed by atoms with Crippen LogP contribution in [-0.2, 0) is 5.79 Å². The first-order valence-electron chi connectivity index (χ1n) is 8.48. The van der Waals surface area contributed by atoms with Crippen LogP contribution in [0.25, 0.3) is 0 Å². The van der Waals surface area contributed by atoms with E-state index in [4.69, 9.17) is 11.5 Å². The minimum absolute atomic E-state index is 0.189. The Morgan fingerprint density at radius 2 is 2.00 bits per heavy atom. The van der Waals surface area contributed by atoms with Gasteiger partial charge in [-0.15, -0.1) is 0 Å². The molecule has 1 aromatic rings. The van der Waals surface area contributed by atoms with Crippen molar-refractivity contribution in [1.82, 2.24) is 15.8 Å². The Kier molecular flexibility index (Phi) is 3.82. The molecule has 4 rings (SSSR count). The normalized spacial score (nSPS) is 27.9. The van der Waals surface area contributed by atoms with E-state index in [0.29, 0.717) is 11.3 Å². The zero-order valence-electron chi connectivity index (χ0n) is 13.6. The maximum atomic E-state index is 14.6. The fourth-order valence-corrected chi connectivity index (χ4v) is 3.38. The van der Waals surface area contributed by atoms with E-state index in [9.17, 15) is 4.39 Å². The van der Waals surface area contributed by atoms with Gasteiger partial charge in [0.1, 0.15) is 5.82 Å². The number of aliphatic imine (C=N–C) groups is 1. The Labute approximate surface area is 140 Å². The number of piperazine rings is 1. The summed E-state index contributed by atoms with van der Waals surface area (Å²) in [5.74, 6) is -0.426. The van der Waals surface area contributed by atoms with Gasteiger partial charge in [0.25, 0.3) is 0 Å². The zero-order chi connectivity index (χ0) is 16.7. The van der Waals surface area contributed by atoms with E-state index in [1.165, 1.54) is 25.5 Å². The van der Waals surface area contributed by atoms with E-state index in [0.717, 1.165) is 32.1 Å². The summed E-state index contributed by atoms with van der Waals surface area (Å²) in [5.41, 5.74) is 18.3. The average Bonchev–Trinajstić information content (AvgIpc) is 3.31. The van der Waals surface area contributed by atoms with Crippen LogP contribution in [0.1, 0.15) is 18.4 Å². The predicted octanol–water partition coefficient (Wildman–Crippen LogP) is -0.151. The van der Waals surface area contributed by atoms with Crippen molar-refractivity contribution in [2.45, 2.75) is 18.6 Å². The van der Waals surface area contributed by atoms with Crippen LogP contribution >= 0.6 is 0 Å². The average molecular weight is 333 g/mol. The lowest BCUT2D eigenvalue weighted by Crippen LogP contribution is -2.50. The molecule has 1 aliphatic carbocycles. The van der Waals surface area contributed by atoms with Gasteiger partial charge in [-0.1, -0.05) is 6.07 Å². The third kappa shape index (κ3) is 3.04. The van der Waals surface area contributed by atoms with E-state index in [1.54, 1.807) is 12.1 Å². The van der Waals surface area contributed by atoms with Crippen LogP contribution < -0.4 is 27.2 Å². The summed E-state index contributed by atoms with van der Waals surface area (Å²) < 4.78 is 14.6. The summed E-state index contributed by atoms with van der Waals surface area (Å²) in [6.07, 6.45) is 2.74. The van der Waals surface area contributed by atoms with Crippen molar-refractivity contribution in [3.63, 3.8) is 0 Å². The lowest BCUT2D eigenvalue weighted by Gasteiger charge is -2.36. The van der Waals surface area contributed by atoms with E-state index in [-0.39, 0.29) is 11.8 Å². The van der Waals surface area contributed by atoms with E-state index in [2.05, 4.69) is 25.6 Å². The Morgan fingerprint density at radius 1 is 1.25 bits per heavy atom. The molecule has 0 amide bonds. The highest BCUT2D eigenvalue weighted by atomic mass is 19.1. The van der Waals surface area contributed by atoms with E-state index >= 15 is 0 Å². The number of nitrogens with one attached hydrogen (secondary N) is 2. The molecule has 3 aliphatic rings. The third-order valence-corrected chi connectivity index (χ3v) is 4.99. The number of halogens is 1. The molecule has 24 heavy (non-hydrogen) atoms. The van der Waals surface area contributed by atoms with Gasteiger partial charge in [0, 0.05) is 38.3 Å². The molecule has 2 aliphatic heterocycles. The number of hydrogen-bond acceptors (Lipinski definition) is 7. The molecule has 7 nitrogen and oxygen atoms in total. The van der Waals surface area contributed by atoms with Crippen LogP contribution in [0.15, 0.2) is 23.2 Å². The van der Waals surface area contributed by atoms with Crippen LogP contribution in [-0.4, -0.2) is 43.6 Å². The third-order valence-electron chi connectivity index (χ3n) is 4.99. The Hall–Kier alpha value is -1.90. The van der Waals surface area contributed by atoms with Crippen LogP contribution in [0.2, 0.25) is 0 Å². The summed E-state index contributed by atoms with van der Waals surface area (Å²) >= 11 is 0. The Bertz CT molecular complexity index is 652. The molecule has 1 saturated heterocycles. The summed E-state index contributed by atoms with van der Waals surface area (Å²) in [6, 6.07) is 5.01. The molecule has 0 bridgehead atoms. The van der Waals surface area contributed by atoms with Crippen molar-refractivity contribution in [1.29, 1.82) is 0 Å². The van der Waals surface area contributed by atoms with Gasteiger partial charge < -0.3 is 10.6 Å². The summed E-state index contributed by atoms with van der Waals surface area (Å²) in [5, 5.41) is 0. The zero-order valence-corrected chi connectivity index (χ0v) is 13.6. The largest absolute Gasteiger partial charge is 0.369 e. The van der Waals surface area contributed by atoms with Crippen LogP contribution in [0.5, 0.6) is 0 Å². The standard InChI is InChI=1S/C16H24FN7/c17-13-9-12(16(19)20-15(18)21-22-16)3-4-14(13)24-7-5-23(6-8-24)10-11-1-2-11/h3-4,9,11,22H,1-2,5-8,10,19H2,(H3,18,20,21). The maximum absolute atomic E-state index is 14.6. The molecule has 8 heteroatoms. The first-order valence-corrected chi connectivity index (χ1v) is 8.48. The Morgan fingerprint density at radius 3 is 2.58 bits per heavy atom. The van der Waals surface area contributed by atoms with Crippen molar-refractivity contribution in [3.8, 4) is 0 Å². The number of nitrogens with zero attached hydrogens (tertiary/aromatic N) is 3.